The Morgan fingerprint density at radius 2 is 1.82 bits per heavy atom. The molecule has 0 unspecified atom stereocenters. The Morgan fingerprint density at radius 1 is 1.00 bits per heavy atom. The number of imidazole rings is 1. The van der Waals surface area contributed by atoms with Gasteiger partial charge in [0.15, 0.2) is 17.7 Å². The zero-order chi connectivity index (χ0) is 26.9. The molecule has 0 aliphatic carbocycles. The third kappa shape index (κ3) is 6.55. The van der Waals surface area contributed by atoms with Gasteiger partial charge in [0.1, 0.15) is 18.3 Å². The van der Waals surface area contributed by atoms with Crippen molar-refractivity contribution < 1.29 is 34.6 Å². The lowest BCUT2D eigenvalue weighted by Gasteiger charge is -2.20. The minimum atomic E-state index is -1.23. The number of para-hydroxylation sites is 2. The molecule has 6 N–H and O–H groups in total. The first-order chi connectivity index (χ1) is 18.6. The molecule has 0 spiro atoms. The second-order valence-electron chi connectivity index (χ2n) is 9.18. The van der Waals surface area contributed by atoms with Crippen molar-refractivity contribution in [3.63, 3.8) is 0 Å². The fourth-order valence-corrected chi connectivity index (χ4v) is 4.39. The summed E-state index contributed by atoms with van der Waals surface area (Å²) in [6.07, 6.45) is -2.59. The van der Waals surface area contributed by atoms with E-state index in [0.717, 1.165) is 30.5 Å². The Balaban J connectivity index is 1.51. The van der Waals surface area contributed by atoms with Crippen molar-refractivity contribution in [2.24, 2.45) is 0 Å². The van der Waals surface area contributed by atoms with Crippen LogP contribution in [0.3, 0.4) is 0 Å². The van der Waals surface area contributed by atoms with Gasteiger partial charge in [-0.1, -0.05) is 25.1 Å². The number of ether oxygens (including phenoxy) is 3. The van der Waals surface area contributed by atoms with E-state index < -0.39 is 31.1 Å². The van der Waals surface area contributed by atoms with E-state index in [1.807, 2.05) is 49.4 Å². The number of nitrogens with one attached hydrogen (secondary N) is 2. The van der Waals surface area contributed by atoms with E-state index in [1.165, 1.54) is 0 Å². The van der Waals surface area contributed by atoms with Crippen molar-refractivity contribution in [1.82, 2.24) is 14.9 Å². The van der Waals surface area contributed by atoms with Gasteiger partial charge in [-0.05, 0) is 49.2 Å². The highest BCUT2D eigenvalue weighted by atomic mass is 16.6. The van der Waals surface area contributed by atoms with Crippen LogP contribution in [0.5, 0.6) is 11.5 Å². The minimum Gasteiger partial charge on any atom is -0.490 e. The second kappa shape index (κ2) is 13.7. The number of nitrogens with zero attached hydrogens (tertiary/aromatic N) is 2. The number of anilines is 1. The van der Waals surface area contributed by atoms with Gasteiger partial charge in [0.05, 0.1) is 37.5 Å². The zero-order valence-corrected chi connectivity index (χ0v) is 21.6. The lowest BCUT2D eigenvalue weighted by molar-refractivity contribution is -0.0499. The number of rotatable bonds is 15. The Labute approximate surface area is 222 Å². The molecule has 0 amide bonds. The molecule has 38 heavy (non-hydrogen) atoms. The normalized spacial score (nSPS) is 21.2. The molecule has 0 saturated carbocycles. The molecule has 11 nitrogen and oxygen atoms in total. The van der Waals surface area contributed by atoms with Gasteiger partial charge in [0, 0.05) is 13.1 Å². The molecule has 208 valence electrons. The van der Waals surface area contributed by atoms with Gasteiger partial charge in [-0.3, -0.25) is 4.57 Å². The SMILES string of the molecule is CCCOc1ccc(CNc2nc3ccccc3n2[C@@H]2O[C@H](CO)[C@@H](O)[C@H]2O)cc1OCCCNCCO. The second-order valence-corrected chi connectivity index (χ2v) is 9.18. The van der Waals surface area contributed by atoms with Crippen LogP contribution < -0.4 is 20.1 Å². The third-order valence-electron chi connectivity index (χ3n) is 6.33. The number of aliphatic hydroxyl groups excluding tert-OH is 4. The van der Waals surface area contributed by atoms with E-state index in [1.54, 1.807) is 4.57 Å². The van der Waals surface area contributed by atoms with Crippen LogP contribution in [0.1, 0.15) is 31.6 Å². The van der Waals surface area contributed by atoms with E-state index in [-0.39, 0.29) is 6.61 Å². The maximum absolute atomic E-state index is 10.7. The Kier molecular flexibility index (Phi) is 10.2. The predicted molar refractivity (Wildman–Crippen MR) is 142 cm³/mol. The van der Waals surface area contributed by atoms with Crippen LogP contribution in [0.15, 0.2) is 42.5 Å². The molecular formula is C27H38N4O7. The molecule has 4 atom stereocenters. The highest BCUT2D eigenvalue weighted by molar-refractivity contribution is 5.78. The average Bonchev–Trinajstić information content (AvgIpc) is 3.44. The van der Waals surface area contributed by atoms with Crippen molar-refractivity contribution in [2.75, 3.05) is 44.8 Å². The largest absolute Gasteiger partial charge is 0.490 e. The fourth-order valence-electron chi connectivity index (χ4n) is 4.39. The summed E-state index contributed by atoms with van der Waals surface area (Å²) >= 11 is 0. The van der Waals surface area contributed by atoms with E-state index in [2.05, 4.69) is 15.6 Å². The van der Waals surface area contributed by atoms with Crippen molar-refractivity contribution in [2.45, 2.75) is 50.8 Å². The molecule has 1 fully saturated rings. The van der Waals surface area contributed by atoms with Crippen LogP contribution in [-0.2, 0) is 11.3 Å². The average molecular weight is 531 g/mol. The quantitative estimate of drug-likeness (QED) is 0.159. The van der Waals surface area contributed by atoms with Gasteiger partial charge in [0.25, 0.3) is 0 Å². The molecule has 0 radical (unpaired) electrons. The maximum atomic E-state index is 10.7. The van der Waals surface area contributed by atoms with E-state index in [0.29, 0.717) is 49.3 Å². The number of benzene rings is 2. The number of hydrogen-bond acceptors (Lipinski definition) is 10. The lowest BCUT2D eigenvalue weighted by Crippen LogP contribution is -2.33. The van der Waals surface area contributed by atoms with Crippen LogP contribution in [0, 0.1) is 0 Å². The lowest BCUT2D eigenvalue weighted by atomic mass is 10.1. The Bertz CT molecular complexity index is 1160. The summed E-state index contributed by atoms with van der Waals surface area (Å²) in [6.45, 7) is 4.53. The highest BCUT2D eigenvalue weighted by Gasteiger charge is 2.44. The Hall–Kier alpha value is -2.93. The molecule has 1 aliphatic heterocycles. The smallest absolute Gasteiger partial charge is 0.206 e. The molecule has 11 heteroatoms. The first-order valence-corrected chi connectivity index (χ1v) is 13.1. The molecular weight excluding hydrogens is 492 g/mol. The highest BCUT2D eigenvalue weighted by Crippen LogP contribution is 2.35. The first kappa shape index (κ1) is 28.1. The van der Waals surface area contributed by atoms with Crippen molar-refractivity contribution in [1.29, 1.82) is 0 Å². The summed E-state index contributed by atoms with van der Waals surface area (Å²) in [6, 6.07) is 13.2. The van der Waals surface area contributed by atoms with Gasteiger partial charge < -0.3 is 45.3 Å². The minimum absolute atomic E-state index is 0.104. The van der Waals surface area contributed by atoms with Crippen molar-refractivity contribution >= 4 is 17.0 Å². The summed E-state index contributed by atoms with van der Waals surface area (Å²) in [7, 11) is 0. The molecule has 0 bridgehead atoms. The topological polar surface area (TPSA) is 150 Å². The number of fused-ring (bicyclic) bond motifs is 1. The molecule has 3 aromatic rings. The van der Waals surface area contributed by atoms with E-state index >= 15 is 0 Å². The van der Waals surface area contributed by atoms with Gasteiger partial charge in [-0.15, -0.1) is 0 Å². The van der Waals surface area contributed by atoms with Gasteiger partial charge in [-0.25, -0.2) is 4.98 Å². The van der Waals surface area contributed by atoms with Gasteiger partial charge in [-0.2, -0.15) is 0 Å². The fraction of sp³-hybridized carbons (Fsp3) is 0.519. The molecule has 4 rings (SSSR count). The summed E-state index contributed by atoms with van der Waals surface area (Å²) in [5, 5.41) is 45.9. The van der Waals surface area contributed by atoms with E-state index in [4.69, 9.17) is 19.3 Å². The predicted octanol–water partition coefficient (Wildman–Crippen LogP) is 1.40. The number of aromatic nitrogens is 2. The standard InChI is InChI=1S/C27H38N4O7/c1-2-13-36-21-9-8-18(15-22(21)37-14-5-10-28-11-12-32)16-29-27-30-19-6-3-4-7-20(19)31(27)26-25(35)24(34)23(17-33)38-26/h3-4,6-9,15,23-26,28,32-35H,2,5,10-14,16-17H2,1H3,(H,29,30)/t23-,24-,25-,26-/m1/s1. The zero-order valence-electron chi connectivity index (χ0n) is 21.6. The Morgan fingerprint density at radius 3 is 2.58 bits per heavy atom. The van der Waals surface area contributed by atoms with E-state index in [9.17, 15) is 15.3 Å². The summed E-state index contributed by atoms with van der Waals surface area (Å²) in [5.74, 6) is 1.79. The van der Waals surface area contributed by atoms with Gasteiger partial charge in [0.2, 0.25) is 5.95 Å². The molecule has 2 heterocycles. The maximum Gasteiger partial charge on any atom is 0.206 e. The van der Waals surface area contributed by atoms with Crippen LogP contribution in [-0.4, -0.2) is 87.8 Å². The summed E-state index contributed by atoms with van der Waals surface area (Å²) in [4.78, 5) is 4.68. The summed E-state index contributed by atoms with van der Waals surface area (Å²) in [5.41, 5.74) is 2.36. The molecule has 2 aromatic carbocycles. The number of hydrogen-bond donors (Lipinski definition) is 6. The molecule has 1 saturated heterocycles. The van der Waals surface area contributed by atoms with Crippen LogP contribution in [0.25, 0.3) is 11.0 Å². The first-order valence-electron chi connectivity index (χ1n) is 13.1. The summed E-state index contributed by atoms with van der Waals surface area (Å²) < 4.78 is 19.4. The monoisotopic (exact) mass is 530 g/mol. The van der Waals surface area contributed by atoms with Crippen LogP contribution in [0.4, 0.5) is 5.95 Å². The van der Waals surface area contributed by atoms with Crippen molar-refractivity contribution in [3.8, 4) is 11.5 Å². The van der Waals surface area contributed by atoms with Crippen molar-refractivity contribution in [3.05, 3.63) is 48.0 Å². The molecule has 1 aromatic heterocycles. The van der Waals surface area contributed by atoms with Crippen LogP contribution in [0.2, 0.25) is 0 Å². The number of aliphatic hydroxyl groups is 4. The van der Waals surface area contributed by atoms with Gasteiger partial charge >= 0.3 is 0 Å². The van der Waals surface area contributed by atoms with Crippen LogP contribution >= 0.6 is 0 Å². The molecule has 1 aliphatic rings. The third-order valence-corrected chi connectivity index (χ3v) is 6.33.